The van der Waals surface area contributed by atoms with E-state index >= 15 is 0 Å². The Hall–Kier alpha value is -0.370. The zero-order valence-electron chi connectivity index (χ0n) is 8.01. The number of ketones is 1. The van der Waals surface area contributed by atoms with Gasteiger partial charge in [0.15, 0.2) is 5.78 Å². The first-order valence-electron chi connectivity index (χ1n) is 4.87. The summed E-state index contributed by atoms with van der Waals surface area (Å²) >= 11 is 0. The van der Waals surface area contributed by atoms with E-state index in [2.05, 4.69) is 0 Å². The van der Waals surface area contributed by atoms with Gasteiger partial charge in [0.25, 0.3) is 0 Å². The van der Waals surface area contributed by atoms with Gasteiger partial charge in [-0.05, 0) is 32.6 Å². The Bertz CT molecular complexity index is 148. The second kappa shape index (κ2) is 4.61. The highest BCUT2D eigenvalue weighted by Gasteiger charge is 2.28. The molecule has 70 valence electrons. The van der Waals surface area contributed by atoms with Crippen molar-refractivity contribution >= 4 is 5.78 Å². The maximum atomic E-state index is 11.2. The van der Waals surface area contributed by atoms with Crippen LogP contribution in [0.4, 0.5) is 0 Å². The van der Waals surface area contributed by atoms with Crippen molar-refractivity contribution in [3.63, 3.8) is 0 Å². The number of carbonyl (C=O) groups is 1. The van der Waals surface area contributed by atoms with Crippen LogP contribution in [0.3, 0.4) is 0 Å². The molecule has 0 saturated heterocycles. The van der Waals surface area contributed by atoms with Gasteiger partial charge in [0, 0.05) is 6.61 Å². The van der Waals surface area contributed by atoms with Gasteiger partial charge >= 0.3 is 0 Å². The molecule has 1 aliphatic carbocycles. The zero-order chi connectivity index (χ0) is 8.97. The second-order valence-electron chi connectivity index (χ2n) is 3.53. The molecule has 1 rings (SSSR count). The molecule has 12 heavy (non-hydrogen) atoms. The lowest BCUT2D eigenvalue weighted by Gasteiger charge is -2.20. The number of carbonyl (C=O) groups excluding carboxylic acids is 1. The van der Waals surface area contributed by atoms with E-state index in [1.807, 2.05) is 6.92 Å². The van der Waals surface area contributed by atoms with Crippen molar-refractivity contribution < 1.29 is 9.53 Å². The highest BCUT2D eigenvalue weighted by Crippen LogP contribution is 2.29. The minimum Gasteiger partial charge on any atom is -0.370 e. The zero-order valence-corrected chi connectivity index (χ0v) is 8.01. The van der Waals surface area contributed by atoms with Crippen molar-refractivity contribution in [2.45, 2.75) is 45.6 Å². The van der Waals surface area contributed by atoms with Crippen LogP contribution >= 0.6 is 0 Å². The first-order chi connectivity index (χ1) is 5.75. The average Bonchev–Trinajstić information content (AvgIpc) is 2.51. The van der Waals surface area contributed by atoms with Crippen molar-refractivity contribution in [2.24, 2.45) is 5.92 Å². The topological polar surface area (TPSA) is 26.3 Å². The smallest absolute Gasteiger partial charge is 0.158 e. The minimum atomic E-state index is -0.113. The van der Waals surface area contributed by atoms with E-state index in [9.17, 15) is 4.79 Å². The molecule has 2 heteroatoms. The van der Waals surface area contributed by atoms with Gasteiger partial charge in [0.05, 0.1) is 0 Å². The molecule has 0 radical (unpaired) electrons. The van der Waals surface area contributed by atoms with Crippen molar-refractivity contribution in [3.05, 3.63) is 0 Å². The lowest BCUT2D eigenvalue weighted by atomic mass is 9.98. The molecule has 0 amide bonds. The van der Waals surface area contributed by atoms with Gasteiger partial charge in [-0.1, -0.05) is 12.8 Å². The molecule has 2 nitrogen and oxygen atoms in total. The first-order valence-corrected chi connectivity index (χ1v) is 4.87. The van der Waals surface area contributed by atoms with Gasteiger partial charge in [0.2, 0.25) is 0 Å². The summed E-state index contributed by atoms with van der Waals surface area (Å²) in [5.74, 6) is 0.700. The predicted molar refractivity (Wildman–Crippen MR) is 48.1 cm³/mol. The van der Waals surface area contributed by atoms with Crippen LogP contribution in [0.5, 0.6) is 0 Å². The van der Waals surface area contributed by atoms with E-state index in [-0.39, 0.29) is 11.9 Å². The highest BCUT2D eigenvalue weighted by molar-refractivity contribution is 5.80. The molecule has 1 fully saturated rings. The van der Waals surface area contributed by atoms with Crippen molar-refractivity contribution in [1.82, 2.24) is 0 Å². The highest BCUT2D eigenvalue weighted by atomic mass is 16.5. The largest absolute Gasteiger partial charge is 0.370 e. The van der Waals surface area contributed by atoms with E-state index in [1.54, 1.807) is 6.92 Å². The molecule has 1 aliphatic rings. The van der Waals surface area contributed by atoms with Crippen LogP contribution in [0, 0.1) is 5.92 Å². The summed E-state index contributed by atoms with van der Waals surface area (Å²) in [7, 11) is 0. The Labute approximate surface area is 74.3 Å². The van der Waals surface area contributed by atoms with Gasteiger partial charge in [-0.25, -0.2) is 0 Å². The van der Waals surface area contributed by atoms with Crippen LogP contribution < -0.4 is 0 Å². The normalized spacial score (nSPS) is 21.2. The maximum absolute atomic E-state index is 11.2. The van der Waals surface area contributed by atoms with E-state index < -0.39 is 0 Å². The number of hydrogen-bond acceptors (Lipinski definition) is 2. The molecule has 0 aromatic carbocycles. The van der Waals surface area contributed by atoms with Crippen molar-refractivity contribution in [1.29, 1.82) is 0 Å². The Balaban J connectivity index is 2.45. The van der Waals surface area contributed by atoms with Crippen LogP contribution in [-0.2, 0) is 9.53 Å². The van der Waals surface area contributed by atoms with Gasteiger partial charge < -0.3 is 4.74 Å². The number of Topliss-reactive ketones (excluding diaryl/α,β-unsaturated/α-hetero) is 1. The van der Waals surface area contributed by atoms with E-state index in [1.165, 1.54) is 25.7 Å². The van der Waals surface area contributed by atoms with E-state index in [0.29, 0.717) is 12.5 Å². The summed E-state index contributed by atoms with van der Waals surface area (Å²) < 4.78 is 5.44. The fourth-order valence-corrected chi connectivity index (χ4v) is 2.03. The molecule has 0 heterocycles. The maximum Gasteiger partial charge on any atom is 0.158 e. The minimum absolute atomic E-state index is 0.113. The lowest BCUT2D eigenvalue weighted by molar-refractivity contribution is -0.131. The SMILES string of the molecule is CCOC(C(C)=O)C1CCCC1. The quantitative estimate of drug-likeness (QED) is 0.646. The third-order valence-electron chi connectivity index (χ3n) is 2.57. The number of rotatable bonds is 4. The van der Waals surface area contributed by atoms with Gasteiger partial charge in [-0.15, -0.1) is 0 Å². The van der Waals surface area contributed by atoms with Crippen LogP contribution in [-0.4, -0.2) is 18.5 Å². The summed E-state index contributed by atoms with van der Waals surface area (Å²) in [5.41, 5.74) is 0. The molecule has 0 bridgehead atoms. The van der Waals surface area contributed by atoms with Gasteiger partial charge in [0.1, 0.15) is 6.10 Å². The molecule has 0 aromatic rings. The monoisotopic (exact) mass is 170 g/mol. The second-order valence-corrected chi connectivity index (χ2v) is 3.53. The Morgan fingerprint density at radius 1 is 1.50 bits per heavy atom. The van der Waals surface area contributed by atoms with E-state index in [4.69, 9.17) is 4.74 Å². The average molecular weight is 170 g/mol. The van der Waals surface area contributed by atoms with E-state index in [0.717, 1.165) is 0 Å². The van der Waals surface area contributed by atoms with Crippen molar-refractivity contribution in [2.75, 3.05) is 6.61 Å². The third kappa shape index (κ3) is 2.31. The standard InChI is InChI=1S/C10H18O2/c1-3-12-10(8(2)11)9-6-4-5-7-9/h9-10H,3-7H2,1-2H3. The summed E-state index contributed by atoms with van der Waals surface area (Å²) in [6, 6.07) is 0. The first kappa shape index (κ1) is 9.72. The molecular formula is C10H18O2. The number of hydrogen-bond donors (Lipinski definition) is 0. The van der Waals surface area contributed by atoms with Gasteiger partial charge in [-0.3, -0.25) is 4.79 Å². The molecule has 0 N–H and O–H groups in total. The summed E-state index contributed by atoms with van der Waals surface area (Å²) in [4.78, 5) is 11.2. The molecule has 0 aliphatic heterocycles. The molecule has 1 atom stereocenters. The fraction of sp³-hybridized carbons (Fsp3) is 0.900. The van der Waals surface area contributed by atoms with Crippen molar-refractivity contribution in [3.8, 4) is 0 Å². The molecule has 1 unspecified atom stereocenters. The number of ether oxygens (including phenoxy) is 1. The van der Waals surface area contributed by atoms with Crippen LogP contribution in [0.2, 0.25) is 0 Å². The third-order valence-corrected chi connectivity index (χ3v) is 2.57. The summed E-state index contributed by atoms with van der Waals surface area (Å²) in [5, 5.41) is 0. The lowest BCUT2D eigenvalue weighted by Crippen LogP contribution is -2.29. The molecule has 0 spiro atoms. The molecule has 1 saturated carbocycles. The van der Waals surface area contributed by atoms with Crippen LogP contribution in [0.25, 0.3) is 0 Å². The van der Waals surface area contributed by atoms with Gasteiger partial charge in [-0.2, -0.15) is 0 Å². The molecular weight excluding hydrogens is 152 g/mol. The Kier molecular flexibility index (Phi) is 3.73. The fourth-order valence-electron chi connectivity index (χ4n) is 2.03. The van der Waals surface area contributed by atoms with Crippen LogP contribution in [0.1, 0.15) is 39.5 Å². The van der Waals surface area contributed by atoms with Crippen LogP contribution in [0.15, 0.2) is 0 Å². The molecule has 0 aromatic heterocycles. The Morgan fingerprint density at radius 2 is 2.08 bits per heavy atom. The Morgan fingerprint density at radius 3 is 2.50 bits per heavy atom. The summed E-state index contributed by atoms with van der Waals surface area (Å²) in [6.45, 7) is 4.24. The summed E-state index contributed by atoms with van der Waals surface area (Å²) in [6.07, 6.45) is 4.76. The predicted octanol–water partition coefficient (Wildman–Crippen LogP) is 2.17.